The van der Waals surface area contributed by atoms with Gasteiger partial charge in [-0.25, -0.2) is 4.79 Å². The van der Waals surface area contributed by atoms with Crippen LogP contribution in [0.2, 0.25) is 0 Å². The quantitative estimate of drug-likeness (QED) is 0.853. The second-order valence-electron chi connectivity index (χ2n) is 4.85. The fraction of sp³-hybridized carbons (Fsp3) is 0.429. The second-order valence-corrected chi connectivity index (χ2v) is 4.85. The van der Waals surface area contributed by atoms with Gasteiger partial charge in [0.1, 0.15) is 0 Å². The Morgan fingerprint density at radius 2 is 2.21 bits per heavy atom. The Hall–Kier alpha value is -1.88. The molecule has 5 nitrogen and oxygen atoms in total. The van der Waals surface area contributed by atoms with Crippen molar-refractivity contribution in [2.45, 2.75) is 13.3 Å². The maximum absolute atomic E-state index is 12.3. The summed E-state index contributed by atoms with van der Waals surface area (Å²) < 4.78 is 0. The summed E-state index contributed by atoms with van der Waals surface area (Å²) in [4.78, 5) is 25.0. The molecule has 0 radical (unpaired) electrons. The lowest BCUT2D eigenvalue weighted by Crippen LogP contribution is -2.37. The summed E-state index contributed by atoms with van der Waals surface area (Å²) in [5, 5.41) is 12.0. The fourth-order valence-corrected chi connectivity index (χ4v) is 2.40. The van der Waals surface area contributed by atoms with Crippen LogP contribution in [0, 0.1) is 5.92 Å². The third-order valence-electron chi connectivity index (χ3n) is 3.43. The molecule has 1 aromatic rings. The van der Waals surface area contributed by atoms with E-state index in [-0.39, 0.29) is 17.4 Å². The number of aromatic carboxylic acids is 1. The van der Waals surface area contributed by atoms with Crippen molar-refractivity contribution in [1.29, 1.82) is 0 Å². The maximum atomic E-state index is 12.3. The highest BCUT2D eigenvalue weighted by molar-refractivity contribution is 5.98. The summed E-state index contributed by atoms with van der Waals surface area (Å²) in [7, 11) is 1.81. The van der Waals surface area contributed by atoms with Crippen LogP contribution in [0.1, 0.15) is 22.8 Å². The SMILES string of the molecule is CNCC(C)C(=O)N1CCc2ccc(C(=O)O)cc21. The number of nitrogens with zero attached hydrogens (tertiary/aromatic N) is 1. The van der Waals surface area contributed by atoms with Crippen molar-refractivity contribution in [3.63, 3.8) is 0 Å². The molecule has 1 amide bonds. The summed E-state index contributed by atoms with van der Waals surface area (Å²) in [5.74, 6) is -1.05. The second kappa shape index (κ2) is 5.40. The van der Waals surface area contributed by atoms with Gasteiger partial charge in [-0.15, -0.1) is 0 Å². The number of fused-ring (bicyclic) bond motifs is 1. The summed E-state index contributed by atoms with van der Waals surface area (Å²) >= 11 is 0. The van der Waals surface area contributed by atoms with Crippen LogP contribution < -0.4 is 10.2 Å². The molecule has 1 aromatic carbocycles. The number of carbonyl (C=O) groups is 2. The minimum atomic E-state index is -0.967. The molecule has 0 saturated carbocycles. The van der Waals surface area contributed by atoms with Gasteiger partial charge in [-0.1, -0.05) is 13.0 Å². The molecule has 1 atom stereocenters. The molecule has 0 aliphatic carbocycles. The maximum Gasteiger partial charge on any atom is 0.335 e. The molecular formula is C14H18N2O3. The summed E-state index contributed by atoms with van der Waals surface area (Å²) in [6.07, 6.45) is 0.785. The highest BCUT2D eigenvalue weighted by Gasteiger charge is 2.28. The number of anilines is 1. The molecule has 0 aromatic heterocycles. The third kappa shape index (κ3) is 2.61. The van der Waals surface area contributed by atoms with Crippen molar-refractivity contribution in [3.8, 4) is 0 Å². The zero-order valence-electron chi connectivity index (χ0n) is 11.1. The van der Waals surface area contributed by atoms with Gasteiger partial charge in [0.15, 0.2) is 0 Å². The Kier molecular flexibility index (Phi) is 3.85. The smallest absolute Gasteiger partial charge is 0.335 e. The predicted octanol–water partition coefficient (Wildman–Crippen LogP) is 1.13. The average molecular weight is 262 g/mol. The first-order valence-corrected chi connectivity index (χ1v) is 6.36. The molecule has 0 saturated heterocycles. The van der Waals surface area contributed by atoms with E-state index < -0.39 is 5.97 Å². The number of hydrogen-bond donors (Lipinski definition) is 2. The fourth-order valence-electron chi connectivity index (χ4n) is 2.40. The van der Waals surface area contributed by atoms with Crippen LogP contribution in [0.4, 0.5) is 5.69 Å². The normalized spacial score (nSPS) is 15.2. The van der Waals surface area contributed by atoms with Crippen LogP contribution in [0.5, 0.6) is 0 Å². The van der Waals surface area contributed by atoms with Gasteiger partial charge in [-0.3, -0.25) is 4.79 Å². The molecule has 0 fully saturated rings. The molecule has 5 heteroatoms. The Morgan fingerprint density at radius 1 is 1.47 bits per heavy atom. The van der Waals surface area contributed by atoms with E-state index in [1.165, 1.54) is 0 Å². The van der Waals surface area contributed by atoms with E-state index in [9.17, 15) is 9.59 Å². The van der Waals surface area contributed by atoms with E-state index in [1.54, 1.807) is 23.1 Å². The number of carbonyl (C=O) groups excluding carboxylic acids is 1. The standard InChI is InChI=1S/C14H18N2O3/c1-9(8-15-2)13(17)16-6-5-10-3-4-11(14(18)19)7-12(10)16/h3-4,7,9,15H,5-6,8H2,1-2H3,(H,18,19). The molecule has 2 rings (SSSR count). The molecule has 0 bridgehead atoms. The number of amides is 1. The Morgan fingerprint density at radius 3 is 2.84 bits per heavy atom. The van der Waals surface area contributed by atoms with E-state index in [0.29, 0.717) is 13.1 Å². The monoisotopic (exact) mass is 262 g/mol. The highest BCUT2D eigenvalue weighted by atomic mass is 16.4. The van der Waals surface area contributed by atoms with Gasteiger partial charge in [0.2, 0.25) is 5.91 Å². The first-order valence-electron chi connectivity index (χ1n) is 6.36. The topological polar surface area (TPSA) is 69.6 Å². The minimum Gasteiger partial charge on any atom is -0.478 e. The number of carboxylic acid groups (broad SMARTS) is 1. The molecule has 1 aliphatic heterocycles. The summed E-state index contributed by atoms with van der Waals surface area (Å²) in [6.45, 7) is 3.12. The number of hydrogen-bond acceptors (Lipinski definition) is 3. The number of rotatable bonds is 4. The van der Waals surface area contributed by atoms with E-state index in [4.69, 9.17) is 5.11 Å². The lowest BCUT2D eigenvalue weighted by molar-refractivity contribution is -0.121. The van der Waals surface area contributed by atoms with Crippen LogP contribution in [-0.2, 0) is 11.2 Å². The molecular weight excluding hydrogens is 244 g/mol. The zero-order chi connectivity index (χ0) is 14.0. The van der Waals surface area contributed by atoms with Gasteiger partial charge in [0, 0.05) is 24.7 Å². The van der Waals surface area contributed by atoms with Crippen molar-refractivity contribution < 1.29 is 14.7 Å². The van der Waals surface area contributed by atoms with Gasteiger partial charge in [0.25, 0.3) is 0 Å². The van der Waals surface area contributed by atoms with Gasteiger partial charge in [0.05, 0.1) is 5.56 Å². The van der Waals surface area contributed by atoms with E-state index in [0.717, 1.165) is 17.7 Å². The minimum absolute atomic E-state index is 0.0376. The first-order chi connectivity index (χ1) is 9.04. The molecule has 102 valence electrons. The predicted molar refractivity (Wildman–Crippen MR) is 72.5 cm³/mol. The number of benzene rings is 1. The largest absolute Gasteiger partial charge is 0.478 e. The summed E-state index contributed by atoms with van der Waals surface area (Å²) in [6, 6.07) is 4.98. The molecule has 1 heterocycles. The van der Waals surface area contributed by atoms with Gasteiger partial charge >= 0.3 is 5.97 Å². The van der Waals surface area contributed by atoms with Crippen molar-refractivity contribution in [1.82, 2.24) is 5.32 Å². The number of nitrogens with one attached hydrogen (secondary N) is 1. The Balaban J connectivity index is 2.27. The Bertz CT molecular complexity index is 513. The molecule has 0 spiro atoms. The van der Waals surface area contributed by atoms with Crippen LogP contribution in [-0.4, -0.2) is 37.1 Å². The van der Waals surface area contributed by atoms with Crippen LogP contribution in [0.25, 0.3) is 0 Å². The van der Waals surface area contributed by atoms with E-state index >= 15 is 0 Å². The van der Waals surface area contributed by atoms with Gasteiger partial charge < -0.3 is 15.3 Å². The lowest BCUT2D eigenvalue weighted by atomic mass is 10.1. The molecule has 2 N–H and O–H groups in total. The number of carboxylic acids is 1. The third-order valence-corrected chi connectivity index (χ3v) is 3.43. The molecule has 19 heavy (non-hydrogen) atoms. The van der Waals surface area contributed by atoms with E-state index in [1.807, 2.05) is 14.0 Å². The van der Waals surface area contributed by atoms with Gasteiger partial charge in [-0.05, 0) is 31.2 Å². The van der Waals surface area contributed by atoms with Crippen LogP contribution in [0.3, 0.4) is 0 Å². The Labute approximate surface area is 112 Å². The van der Waals surface area contributed by atoms with Crippen LogP contribution in [0.15, 0.2) is 18.2 Å². The molecule has 1 unspecified atom stereocenters. The average Bonchev–Trinajstić information content (AvgIpc) is 2.80. The van der Waals surface area contributed by atoms with E-state index in [2.05, 4.69) is 5.32 Å². The van der Waals surface area contributed by atoms with Crippen molar-refractivity contribution in [3.05, 3.63) is 29.3 Å². The van der Waals surface area contributed by atoms with Crippen LogP contribution >= 0.6 is 0 Å². The highest BCUT2D eigenvalue weighted by Crippen LogP contribution is 2.30. The molecule has 1 aliphatic rings. The lowest BCUT2D eigenvalue weighted by Gasteiger charge is -2.21. The van der Waals surface area contributed by atoms with Crippen molar-refractivity contribution in [2.75, 3.05) is 25.0 Å². The summed E-state index contributed by atoms with van der Waals surface area (Å²) in [5.41, 5.74) is 2.00. The zero-order valence-corrected chi connectivity index (χ0v) is 11.1. The van der Waals surface area contributed by atoms with Crippen molar-refractivity contribution in [2.24, 2.45) is 5.92 Å². The van der Waals surface area contributed by atoms with Crippen molar-refractivity contribution >= 4 is 17.6 Å². The first kappa shape index (κ1) is 13.5. The van der Waals surface area contributed by atoms with Gasteiger partial charge in [-0.2, -0.15) is 0 Å².